The highest BCUT2D eigenvalue weighted by Gasteiger charge is 2.56. The predicted octanol–water partition coefficient (Wildman–Crippen LogP) is 7.37. The molecule has 2 aliphatic carbocycles. The number of fused-ring (bicyclic) bond motifs is 1. The Morgan fingerprint density at radius 1 is 1.08 bits per heavy atom. The van der Waals surface area contributed by atoms with Crippen LogP contribution < -0.4 is 10.1 Å². The molecule has 5 heteroatoms. The van der Waals surface area contributed by atoms with Crippen LogP contribution in [0.5, 0.6) is 5.75 Å². The fourth-order valence-electron chi connectivity index (χ4n) is 6.07. The van der Waals surface area contributed by atoms with E-state index in [1.165, 1.54) is 51.4 Å². The van der Waals surface area contributed by atoms with Gasteiger partial charge in [-0.05, 0) is 123 Å². The second-order valence-electron chi connectivity index (χ2n) is 12.2. The van der Waals surface area contributed by atoms with Crippen LogP contribution in [0.3, 0.4) is 0 Å². The van der Waals surface area contributed by atoms with Crippen LogP contribution in [0, 0.1) is 26.2 Å². The van der Waals surface area contributed by atoms with Crippen LogP contribution in [0.25, 0.3) is 11.1 Å². The van der Waals surface area contributed by atoms with Crippen molar-refractivity contribution >= 4 is 11.7 Å². The van der Waals surface area contributed by atoms with E-state index >= 15 is 0 Å². The minimum atomic E-state index is -0.735. The molecular formula is C34H41NO4. The Morgan fingerprint density at radius 2 is 1.79 bits per heavy atom. The van der Waals surface area contributed by atoms with Gasteiger partial charge in [0.05, 0.1) is 12.2 Å². The summed E-state index contributed by atoms with van der Waals surface area (Å²) in [6.07, 6.45) is 3.73. The Morgan fingerprint density at radius 3 is 2.44 bits per heavy atom. The van der Waals surface area contributed by atoms with Crippen LogP contribution in [-0.2, 0) is 22.5 Å². The first-order valence-electron chi connectivity index (χ1n) is 14.0. The molecule has 1 saturated carbocycles. The largest absolute Gasteiger partial charge is 0.493 e. The highest BCUT2D eigenvalue weighted by Crippen LogP contribution is 2.63. The number of aliphatic hydroxyl groups is 1. The third-order valence-electron chi connectivity index (χ3n) is 8.39. The molecule has 0 radical (unpaired) electrons. The van der Waals surface area contributed by atoms with E-state index in [0.717, 1.165) is 37.2 Å². The molecule has 39 heavy (non-hydrogen) atoms. The van der Waals surface area contributed by atoms with Crippen LogP contribution in [0.15, 0.2) is 48.5 Å². The van der Waals surface area contributed by atoms with E-state index in [0.29, 0.717) is 13.0 Å². The van der Waals surface area contributed by atoms with E-state index in [-0.39, 0.29) is 17.5 Å². The number of anilines is 1. The maximum absolute atomic E-state index is 11.7. The minimum Gasteiger partial charge on any atom is -0.493 e. The summed E-state index contributed by atoms with van der Waals surface area (Å²) in [5.74, 6) is 0.643. The number of hydrogen-bond donors (Lipinski definition) is 2. The van der Waals surface area contributed by atoms with Crippen molar-refractivity contribution in [2.24, 2.45) is 5.41 Å². The van der Waals surface area contributed by atoms with Crippen LogP contribution >= 0.6 is 0 Å². The molecule has 1 spiro atoms. The highest BCUT2D eigenvalue weighted by molar-refractivity contribution is 5.75. The standard InChI is InChI=1S/C34H41NO4/c1-21-16-28(38-15-14-33(5,6)37)17-22(2)31(21)29-9-7-8-25(23(29)3)20-35-27-10-11-30-26(18-27)19-34(12-13-34)32(30)39-24(4)36/h7-11,16-18,32,35,37H,12-15,19-20H2,1-6H3. The molecule has 0 aromatic heterocycles. The first kappa shape index (κ1) is 27.3. The van der Waals surface area contributed by atoms with E-state index < -0.39 is 5.60 Å². The first-order valence-corrected chi connectivity index (χ1v) is 14.0. The summed E-state index contributed by atoms with van der Waals surface area (Å²) in [6.45, 7) is 12.8. The number of ether oxygens (including phenoxy) is 2. The number of carbonyl (C=O) groups is 1. The summed E-state index contributed by atoms with van der Waals surface area (Å²) in [5.41, 5.74) is 10.3. The first-order chi connectivity index (χ1) is 18.5. The molecule has 0 bridgehead atoms. The molecule has 5 nitrogen and oxygen atoms in total. The summed E-state index contributed by atoms with van der Waals surface area (Å²) >= 11 is 0. The van der Waals surface area contributed by atoms with Crippen molar-refractivity contribution in [1.29, 1.82) is 0 Å². The molecule has 0 amide bonds. The van der Waals surface area contributed by atoms with E-state index in [1.54, 1.807) is 13.8 Å². The number of benzene rings is 3. The van der Waals surface area contributed by atoms with E-state index in [1.807, 2.05) is 0 Å². The molecule has 0 saturated heterocycles. The topological polar surface area (TPSA) is 67.8 Å². The zero-order valence-corrected chi connectivity index (χ0v) is 24.1. The van der Waals surface area contributed by atoms with Crippen LogP contribution in [0.2, 0.25) is 0 Å². The lowest BCUT2D eigenvalue weighted by atomic mass is 9.90. The average Bonchev–Trinajstić information content (AvgIpc) is 3.55. The molecule has 5 rings (SSSR count). The average molecular weight is 528 g/mol. The molecule has 3 aromatic carbocycles. The van der Waals surface area contributed by atoms with Gasteiger partial charge in [0.25, 0.3) is 0 Å². The molecule has 0 aliphatic heterocycles. The van der Waals surface area contributed by atoms with E-state index in [4.69, 9.17) is 9.47 Å². The maximum atomic E-state index is 11.7. The fourth-order valence-corrected chi connectivity index (χ4v) is 6.07. The Bertz CT molecular complexity index is 1370. The van der Waals surface area contributed by atoms with Crippen molar-refractivity contribution in [1.82, 2.24) is 0 Å². The number of hydrogen-bond acceptors (Lipinski definition) is 5. The van der Waals surface area contributed by atoms with Gasteiger partial charge >= 0.3 is 5.97 Å². The van der Waals surface area contributed by atoms with Crippen LogP contribution in [0.4, 0.5) is 5.69 Å². The normalized spacial score (nSPS) is 17.2. The summed E-state index contributed by atoms with van der Waals surface area (Å²) in [6, 6.07) is 17.2. The van der Waals surface area contributed by atoms with Gasteiger partial charge in [0.2, 0.25) is 0 Å². The molecule has 0 heterocycles. The van der Waals surface area contributed by atoms with Gasteiger partial charge in [-0.2, -0.15) is 0 Å². The van der Waals surface area contributed by atoms with Gasteiger partial charge in [0, 0.05) is 31.0 Å². The molecule has 2 N–H and O–H groups in total. The number of esters is 1. The summed E-state index contributed by atoms with van der Waals surface area (Å²) < 4.78 is 11.7. The zero-order valence-electron chi connectivity index (χ0n) is 24.1. The van der Waals surface area contributed by atoms with Crippen molar-refractivity contribution in [3.8, 4) is 16.9 Å². The van der Waals surface area contributed by atoms with Crippen LogP contribution in [-0.4, -0.2) is 23.3 Å². The minimum absolute atomic E-state index is 0.0947. The third-order valence-corrected chi connectivity index (χ3v) is 8.39. The summed E-state index contributed by atoms with van der Waals surface area (Å²) in [7, 11) is 0. The SMILES string of the molecule is CC(=O)OC1c2ccc(NCc3cccc(-c4c(C)cc(OCCC(C)(C)O)cc4C)c3C)cc2CC12CC2. The van der Waals surface area contributed by atoms with Crippen molar-refractivity contribution in [2.45, 2.75) is 85.5 Å². The predicted molar refractivity (Wildman–Crippen MR) is 156 cm³/mol. The Balaban J connectivity index is 1.31. The van der Waals surface area contributed by atoms with Gasteiger partial charge in [-0.3, -0.25) is 4.79 Å². The third kappa shape index (κ3) is 5.84. The van der Waals surface area contributed by atoms with E-state index in [9.17, 15) is 9.90 Å². The van der Waals surface area contributed by atoms with Gasteiger partial charge in [0.1, 0.15) is 11.9 Å². The smallest absolute Gasteiger partial charge is 0.303 e. The van der Waals surface area contributed by atoms with Gasteiger partial charge in [-0.1, -0.05) is 24.3 Å². The Kier molecular flexibility index (Phi) is 7.23. The number of rotatable bonds is 9. The lowest BCUT2D eigenvalue weighted by Gasteiger charge is -2.20. The second-order valence-corrected chi connectivity index (χ2v) is 12.2. The maximum Gasteiger partial charge on any atom is 0.303 e. The van der Waals surface area contributed by atoms with Crippen molar-refractivity contribution in [3.63, 3.8) is 0 Å². The summed E-state index contributed by atoms with van der Waals surface area (Å²) in [4.78, 5) is 11.7. The van der Waals surface area contributed by atoms with Crippen molar-refractivity contribution in [2.75, 3.05) is 11.9 Å². The summed E-state index contributed by atoms with van der Waals surface area (Å²) in [5, 5.41) is 13.6. The second kappa shape index (κ2) is 10.3. The molecule has 3 aromatic rings. The number of aryl methyl sites for hydroxylation is 2. The molecule has 1 unspecified atom stereocenters. The monoisotopic (exact) mass is 527 g/mol. The van der Waals surface area contributed by atoms with Gasteiger partial charge in [-0.15, -0.1) is 0 Å². The molecule has 206 valence electrons. The number of nitrogens with one attached hydrogen (secondary N) is 1. The van der Waals surface area contributed by atoms with Crippen molar-refractivity contribution < 1.29 is 19.4 Å². The lowest BCUT2D eigenvalue weighted by molar-refractivity contribution is -0.149. The van der Waals surface area contributed by atoms with Crippen LogP contribution in [0.1, 0.15) is 79.5 Å². The Hall–Kier alpha value is -3.31. The van der Waals surface area contributed by atoms with Gasteiger partial charge in [0.15, 0.2) is 0 Å². The zero-order chi connectivity index (χ0) is 27.9. The number of carbonyl (C=O) groups excluding carboxylic acids is 1. The lowest BCUT2D eigenvalue weighted by Crippen LogP contribution is -2.21. The van der Waals surface area contributed by atoms with Gasteiger partial charge in [-0.25, -0.2) is 0 Å². The van der Waals surface area contributed by atoms with Gasteiger partial charge < -0.3 is 19.9 Å². The quantitative estimate of drug-likeness (QED) is 0.284. The molecule has 1 atom stereocenters. The fraction of sp³-hybridized carbons (Fsp3) is 0.441. The molecule has 2 aliphatic rings. The Labute approximate surface area is 232 Å². The van der Waals surface area contributed by atoms with Crippen molar-refractivity contribution in [3.05, 3.63) is 81.9 Å². The van der Waals surface area contributed by atoms with E-state index in [2.05, 4.69) is 74.6 Å². The molecule has 1 fully saturated rings. The highest BCUT2D eigenvalue weighted by atomic mass is 16.5. The molecular weight excluding hydrogens is 486 g/mol.